The SMILES string of the molecule is c1ccc(COc2cnc(-c3ccccn3)nc2)cc1. The van der Waals surface area contributed by atoms with Crippen molar-refractivity contribution in [3.63, 3.8) is 0 Å². The molecule has 0 aliphatic rings. The molecule has 0 aliphatic carbocycles. The Morgan fingerprint density at radius 2 is 1.55 bits per heavy atom. The van der Waals surface area contributed by atoms with Gasteiger partial charge < -0.3 is 4.74 Å². The summed E-state index contributed by atoms with van der Waals surface area (Å²) in [4.78, 5) is 12.7. The van der Waals surface area contributed by atoms with E-state index in [0.29, 0.717) is 18.2 Å². The number of hydrogen-bond donors (Lipinski definition) is 0. The summed E-state index contributed by atoms with van der Waals surface area (Å²) in [5.74, 6) is 1.24. The summed E-state index contributed by atoms with van der Waals surface area (Å²) in [7, 11) is 0. The van der Waals surface area contributed by atoms with Crippen molar-refractivity contribution in [1.82, 2.24) is 15.0 Å². The minimum atomic E-state index is 0.507. The normalized spacial score (nSPS) is 10.2. The Labute approximate surface area is 117 Å². The Kier molecular flexibility index (Phi) is 3.64. The fourth-order valence-electron chi connectivity index (χ4n) is 1.76. The van der Waals surface area contributed by atoms with Crippen molar-refractivity contribution >= 4 is 0 Å². The van der Waals surface area contributed by atoms with Crippen molar-refractivity contribution in [2.24, 2.45) is 0 Å². The van der Waals surface area contributed by atoms with Gasteiger partial charge in [-0.25, -0.2) is 9.97 Å². The van der Waals surface area contributed by atoms with Gasteiger partial charge in [0.05, 0.1) is 12.4 Å². The van der Waals surface area contributed by atoms with E-state index >= 15 is 0 Å². The second-order valence-corrected chi connectivity index (χ2v) is 4.23. The molecule has 3 rings (SSSR count). The second-order valence-electron chi connectivity index (χ2n) is 4.23. The standard InChI is InChI=1S/C16H13N3O/c1-2-6-13(7-3-1)12-20-14-10-18-16(19-11-14)15-8-4-5-9-17-15/h1-11H,12H2. The van der Waals surface area contributed by atoms with Crippen LogP contribution >= 0.6 is 0 Å². The molecule has 0 unspecified atom stereocenters. The van der Waals surface area contributed by atoms with Gasteiger partial charge in [0.2, 0.25) is 0 Å². The van der Waals surface area contributed by atoms with Crippen LogP contribution in [0.1, 0.15) is 5.56 Å². The second kappa shape index (κ2) is 5.93. The van der Waals surface area contributed by atoms with E-state index in [1.165, 1.54) is 0 Å². The summed E-state index contributed by atoms with van der Waals surface area (Å²) in [6.07, 6.45) is 5.05. The van der Waals surface area contributed by atoms with Gasteiger partial charge in [-0.3, -0.25) is 4.98 Å². The van der Waals surface area contributed by atoms with E-state index in [9.17, 15) is 0 Å². The number of ether oxygens (including phenoxy) is 1. The molecule has 4 heteroatoms. The fraction of sp³-hybridized carbons (Fsp3) is 0.0625. The van der Waals surface area contributed by atoms with Gasteiger partial charge in [-0.05, 0) is 17.7 Å². The van der Waals surface area contributed by atoms with Crippen LogP contribution in [0.15, 0.2) is 67.1 Å². The predicted octanol–water partition coefficient (Wildman–Crippen LogP) is 3.12. The highest BCUT2D eigenvalue weighted by molar-refractivity contribution is 5.48. The van der Waals surface area contributed by atoms with Crippen LogP contribution < -0.4 is 4.74 Å². The molecular formula is C16H13N3O. The molecule has 0 aliphatic heterocycles. The van der Waals surface area contributed by atoms with Crippen molar-refractivity contribution in [2.45, 2.75) is 6.61 Å². The average molecular weight is 263 g/mol. The first kappa shape index (κ1) is 12.3. The molecule has 1 aromatic carbocycles. The quantitative estimate of drug-likeness (QED) is 0.725. The molecule has 2 heterocycles. The van der Waals surface area contributed by atoms with Crippen LogP contribution in [0.3, 0.4) is 0 Å². The third-order valence-electron chi connectivity index (χ3n) is 2.77. The molecule has 0 saturated carbocycles. The molecule has 0 bridgehead atoms. The number of aromatic nitrogens is 3. The lowest BCUT2D eigenvalue weighted by atomic mass is 10.2. The summed E-state index contributed by atoms with van der Waals surface area (Å²) >= 11 is 0. The van der Waals surface area contributed by atoms with Gasteiger partial charge in [-0.1, -0.05) is 36.4 Å². The van der Waals surface area contributed by atoms with Crippen LogP contribution in [0, 0.1) is 0 Å². The first-order valence-electron chi connectivity index (χ1n) is 6.32. The largest absolute Gasteiger partial charge is 0.486 e. The van der Waals surface area contributed by atoms with E-state index in [1.807, 2.05) is 48.5 Å². The molecule has 98 valence electrons. The van der Waals surface area contributed by atoms with Gasteiger partial charge in [-0.15, -0.1) is 0 Å². The van der Waals surface area contributed by atoms with Crippen LogP contribution in [0.2, 0.25) is 0 Å². The maximum absolute atomic E-state index is 5.64. The highest BCUT2D eigenvalue weighted by Gasteiger charge is 2.02. The zero-order chi connectivity index (χ0) is 13.6. The number of hydrogen-bond acceptors (Lipinski definition) is 4. The first-order chi connectivity index (χ1) is 9.92. The van der Waals surface area contributed by atoms with Gasteiger partial charge in [-0.2, -0.15) is 0 Å². The van der Waals surface area contributed by atoms with Gasteiger partial charge in [0.25, 0.3) is 0 Å². The third-order valence-corrected chi connectivity index (χ3v) is 2.77. The summed E-state index contributed by atoms with van der Waals surface area (Å²) < 4.78 is 5.64. The first-order valence-corrected chi connectivity index (χ1v) is 6.32. The summed E-state index contributed by atoms with van der Waals surface area (Å²) in [6.45, 7) is 0.507. The monoisotopic (exact) mass is 263 g/mol. The number of benzene rings is 1. The summed E-state index contributed by atoms with van der Waals surface area (Å²) in [5, 5.41) is 0. The Hall–Kier alpha value is -2.75. The summed E-state index contributed by atoms with van der Waals surface area (Å²) in [6, 6.07) is 15.6. The molecule has 3 aromatic rings. The Morgan fingerprint density at radius 1 is 0.800 bits per heavy atom. The minimum Gasteiger partial charge on any atom is -0.486 e. The zero-order valence-corrected chi connectivity index (χ0v) is 10.8. The molecule has 0 N–H and O–H groups in total. The Bertz CT molecular complexity index is 654. The van der Waals surface area contributed by atoms with E-state index in [4.69, 9.17) is 4.74 Å². The zero-order valence-electron chi connectivity index (χ0n) is 10.8. The van der Waals surface area contributed by atoms with Crippen molar-refractivity contribution in [3.8, 4) is 17.3 Å². The molecule has 0 amide bonds. The van der Waals surface area contributed by atoms with Crippen LogP contribution in [0.5, 0.6) is 5.75 Å². The van der Waals surface area contributed by atoms with Crippen molar-refractivity contribution in [2.75, 3.05) is 0 Å². The van der Waals surface area contributed by atoms with Gasteiger partial charge in [0.15, 0.2) is 11.6 Å². The molecular weight excluding hydrogens is 250 g/mol. The minimum absolute atomic E-state index is 0.507. The summed E-state index contributed by atoms with van der Waals surface area (Å²) in [5.41, 5.74) is 1.86. The van der Waals surface area contributed by atoms with Crippen LogP contribution in [0.4, 0.5) is 0 Å². The van der Waals surface area contributed by atoms with E-state index in [1.54, 1.807) is 18.6 Å². The molecule has 2 aromatic heterocycles. The predicted molar refractivity (Wildman–Crippen MR) is 76.0 cm³/mol. The molecule has 0 spiro atoms. The lowest BCUT2D eigenvalue weighted by molar-refractivity contribution is 0.303. The van der Waals surface area contributed by atoms with Gasteiger partial charge >= 0.3 is 0 Å². The maximum Gasteiger partial charge on any atom is 0.178 e. The van der Waals surface area contributed by atoms with E-state index in [2.05, 4.69) is 15.0 Å². The van der Waals surface area contributed by atoms with Crippen LogP contribution in [0.25, 0.3) is 11.5 Å². The molecule has 0 fully saturated rings. The van der Waals surface area contributed by atoms with Crippen molar-refractivity contribution in [3.05, 3.63) is 72.7 Å². The van der Waals surface area contributed by atoms with E-state index < -0.39 is 0 Å². The Balaban J connectivity index is 1.68. The molecule has 0 saturated heterocycles. The lowest BCUT2D eigenvalue weighted by Gasteiger charge is -2.06. The topological polar surface area (TPSA) is 47.9 Å². The molecule has 20 heavy (non-hydrogen) atoms. The highest BCUT2D eigenvalue weighted by Crippen LogP contribution is 2.14. The number of pyridine rings is 1. The average Bonchev–Trinajstić information content (AvgIpc) is 2.55. The number of nitrogens with zero attached hydrogens (tertiary/aromatic N) is 3. The van der Waals surface area contributed by atoms with E-state index in [-0.39, 0.29) is 0 Å². The fourth-order valence-corrected chi connectivity index (χ4v) is 1.76. The smallest absolute Gasteiger partial charge is 0.178 e. The maximum atomic E-state index is 5.64. The Morgan fingerprint density at radius 3 is 2.25 bits per heavy atom. The molecule has 4 nitrogen and oxygen atoms in total. The van der Waals surface area contributed by atoms with Crippen molar-refractivity contribution in [1.29, 1.82) is 0 Å². The number of rotatable bonds is 4. The van der Waals surface area contributed by atoms with Crippen LogP contribution in [-0.2, 0) is 6.61 Å². The third kappa shape index (κ3) is 2.98. The van der Waals surface area contributed by atoms with Crippen LogP contribution in [-0.4, -0.2) is 15.0 Å². The van der Waals surface area contributed by atoms with Gasteiger partial charge in [0, 0.05) is 6.20 Å². The van der Waals surface area contributed by atoms with Gasteiger partial charge in [0.1, 0.15) is 12.3 Å². The van der Waals surface area contributed by atoms with E-state index in [0.717, 1.165) is 11.3 Å². The highest BCUT2D eigenvalue weighted by atomic mass is 16.5. The molecule has 0 radical (unpaired) electrons. The molecule has 0 atom stereocenters. The van der Waals surface area contributed by atoms with Crippen molar-refractivity contribution < 1.29 is 4.74 Å². The lowest BCUT2D eigenvalue weighted by Crippen LogP contribution is -1.97.